The number of benzene rings is 1. The number of methoxy groups -OCH3 is 1. The van der Waals surface area contributed by atoms with Gasteiger partial charge in [0.15, 0.2) is 0 Å². The summed E-state index contributed by atoms with van der Waals surface area (Å²) in [5, 5.41) is 6.05. The first-order valence-corrected chi connectivity index (χ1v) is 10.8. The van der Waals surface area contributed by atoms with E-state index in [9.17, 15) is 0 Å². The lowest BCUT2D eigenvalue weighted by Crippen LogP contribution is -2.25. The summed E-state index contributed by atoms with van der Waals surface area (Å²) in [6, 6.07) is 12.7. The molecule has 2 heterocycles. The number of nitrogens with zero attached hydrogens (tertiary/aromatic N) is 3. The van der Waals surface area contributed by atoms with E-state index < -0.39 is 0 Å². The van der Waals surface area contributed by atoms with Crippen LogP contribution < -0.4 is 9.64 Å². The second-order valence-corrected chi connectivity index (χ2v) is 7.55. The van der Waals surface area contributed by atoms with Crippen LogP contribution in [0.25, 0.3) is 16.8 Å². The van der Waals surface area contributed by atoms with Crippen LogP contribution in [-0.4, -0.2) is 36.1 Å². The van der Waals surface area contributed by atoms with Gasteiger partial charge in [0, 0.05) is 18.7 Å². The van der Waals surface area contributed by atoms with Crippen molar-refractivity contribution in [2.24, 2.45) is 0 Å². The summed E-state index contributed by atoms with van der Waals surface area (Å²) < 4.78 is 7.74. The topological polar surface area (TPSA) is 29.8 Å². The standard InChI is InChI=1S/C22H29N3OS/c1-6-13-24(14-7-2)21-19-10-8-9-18(25(19)23-22(21)27-5)17-12-11-16(3)15-20(17)26-4/h8-12,15H,6-7,13-14H2,1-5H3. The zero-order valence-electron chi connectivity index (χ0n) is 17.0. The number of fused-ring (bicyclic) bond motifs is 1. The molecule has 0 saturated heterocycles. The number of anilines is 1. The van der Waals surface area contributed by atoms with E-state index in [2.05, 4.69) is 72.8 Å². The third kappa shape index (κ3) is 3.79. The van der Waals surface area contributed by atoms with Gasteiger partial charge in [0.25, 0.3) is 0 Å². The predicted molar refractivity (Wildman–Crippen MR) is 116 cm³/mol. The highest BCUT2D eigenvalue weighted by molar-refractivity contribution is 7.98. The van der Waals surface area contributed by atoms with Crippen LogP contribution in [-0.2, 0) is 0 Å². The number of thioether (sulfide) groups is 1. The molecule has 4 nitrogen and oxygen atoms in total. The van der Waals surface area contributed by atoms with Crippen LogP contribution in [0.3, 0.4) is 0 Å². The van der Waals surface area contributed by atoms with Gasteiger partial charge in [0.05, 0.1) is 24.0 Å². The lowest BCUT2D eigenvalue weighted by Gasteiger charge is -2.23. The van der Waals surface area contributed by atoms with Crippen molar-refractivity contribution in [2.45, 2.75) is 38.6 Å². The molecule has 27 heavy (non-hydrogen) atoms. The molecule has 0 unspecified atom stereocenters. The molecule has 0 saturated carbocycles. The summed E-state index contributed by atoms with van der Waals surface area (Å²) in [6.07, 6.45) is 4.35. The molecule has 0 aliphatic rings. The molecule has 0 amide bonds. The van der Waals surface area contributed by atoms with Gasteiger partial charge in [-0.05, 0) is 55.9 Å². The van der Waals surface area contributed by atoms with E-state index in [0.29, 0.717) is 0 Å². The highest BCUT2D eigenvalue weighted by Crippen LogP contribution is 2.37. The van der Waals surface area contributed by atoms with Crippen LogP contribution in [0.4, 0.5) is 5.69 Å². The van der Waals surface area contributed by atoms with Crippen molar-refractivity contribution >= 4 is 23.0 Å². The molecular weight excluding hydrogens is 354 g/mol. The molecule has 3 rings (SSSR count). The Labute approximate surface area is 166 Å². The molecule has 144 valence electrons. The number of ether oxygens (including phenoxy) is 1. The maximum absolute atomic E-state index is 5.66. The van der Waals surface area contributed by atoms with Crippen molar-refractivity contribution in [1.82, 2.24) is 9.61 Å². The second-order valence-electron chi connectivity index (χ2n) is 6.76. The highest BCUT2D eigenvalue weighted by atomic mass is 32.2. The smallest absolute Gasteiger partial charge is 0.142 e. The largest absolute Gasteiger partial charge is 0.496 e. The zero-order valence-corrected chi connectivity index (χ0v) is 17.8. The molecule has 0 fully saturated rings. The maximum Gasteiger partial charge on any atom is 0.142 e. The quantitative estimate of drug-likeness (QED) is 0.469. The van der Waals surface area contributed by atoms with E-state index in [-0.39, 0.29) is 0 Å². The van der Waals surface area contributed by atoms with Crippen LogP contribution >= 0.6 is 11.8 Å². The van der Waals surface area contributed by atoms with E-state index in [1.165, 1.54) is 11.3 Å². The SMILES string of the molecule is CCCN(CCC)c1c(SC)nn2c(-c3ccc(C)cc3OC)cccc12. The highest BCUT2D eigenvalue weighted by Gasteiger charge is 2.20. The Morgan fingerprint density at radius 3 is 2.48 bits per heavy atom. The molecule has 0 spiro atoms. The summed E-state index contributed by atoms with van der Waals surface area (Å²) in [5.41, 5.74) is 5.71. The number of hydrogen-bond acceptors (Lipinski definition) is 4. The molecule has 0 atom stereocenters. The second kappa shape index (κ2) is 8.70. The lowest BCUT2D eigenvalue weighted by atomic mass is 10.1. The number of pyridine rings is 1. The van der Waals surface area contributed by atoms with Gasteiger partial charge in [-0.2, -0.15) is 5.10 Å². The zero-order chi connectivity index (χ0) is 19.4. The molecule has 3 aromatic rings. The number of rotatable bonds is 8. The van der Waals surface area contributed by atoms with Crippen molar-refractivity contribution in [2.75, 3.05) is 31.4 Å². The Kier molecular flexibility index (Phi) is 6.32. The van der Waals surface area contributed by atoms with Gasteiger partial charge in [0.2, 0.25) is 0 Å². The molecule has 0 aliphatic heterocycles. The Morgan fingerprint density at radius 2 is 1.85 bits per heavy atom. The number of aryl methyl sites for hydroxylation is 1. The fourth-order valence-corrected chi connectivity index (χ4v) is 4.15. The normalized spacial score (nSPS) is 11.1. The summed E-state index contributed by atoms with van der Waals surface area (Å²) in [4.78, 5) is 2.48. The first-order valence-electron chi connectivity index (χ1n) is 9.60. The van der Waals surface area contributed by atoms with Crippen molar-refractivity contribution in [3.63, 3.8) is 0 Å². The molecule has 0 bridgehead atoms. The summed E-state index contributed by atoms with van der Waals surface area (Å²) in [5.74, 6) is 0.879. The van der Waals surface area contributed by atoms with E-state index in [1.807, 2.05) is 0 Å². The summed E-state index contributed by atoms with van der Waals surface area (Å²) >= 11 is 1.71. The molecular formula is C22H29N3OS. The van der Waals surface area contributed by atoms with Gasteiger partial charge in [-0.3, -0.25) is 0 Å². The van der Waals surface area contributed by atoms with Gasteiger partial charge in [-0.15, -0.1) is 11.8 Å². The van der Waals surface area contributed by atoms with Gasteiger partial charge < -0.3 is 9.64 Å². The van der Waals surface area contributed by atoms with E-state index in [4.69, 9.17) is 9.84 Å². The van der Waals surface area contributed by atoms with Crippen LogP contribution in [0, 0.1) is 6.92 Å². The average Bonchev–Trinajstić information content (AvgIpc) is 3.06. The Hall–Kier alpha value is -2.14. The third-order valence-electron chi connectivity index (χ3n) is 4.73. The lowest BCUT2D eigenvalue weighted by molar-refractivity contribution is 0.416. The van der Waals surface area contributed by atoms with E-state index in [0.717, 1.165) is 53.5 Å². The van der Waals surface area contributed by atoms with Crippen molar-refractivity contribution in [3.8, 4) is 17.0 Å². The van der Waals surface area contributed by atoms with Gasteiger partial charge in [-0.25, -0.2) is 4.52 Å². The minimum atomic E-state index is 0.879. The average molecular weight is 384 g/mol. The number of hydrogen-bond donors (Lipinski definition) is 0. The van der Waals surface area contributed by atoms with Crippen molar-refractivity contribution < 1.29 is 4.74 Å². The van der Waals surface area contributed by atoms with Crippen molar-refractivity contribution in [1.29, 1.82) is 0 Å². The van der Waals surface area contributed by atoms with Gasteiger partial charge in [-0.1, -0.05) is 26.0 Å². The van der Waals surface area contributed by atoms with Gasteiger partial charge >= 0.3 is 0 Å². The minimum absolute atomic E-state index is 0.879. The predicted octanol–water partition coefficient (Wildman–Crippen LogP) is 5.67. The van der Waals surface area contributed by atoms with Crippen LogP contribution in [0.2, 0.25) is 0 Å². The molecule has 1 aromatic carbocycles. The molecule has 0 aliphatic carbocycles. The molecule has 2 aromatic heterocycles. The Bertz CT molecular complexity index is 913. The fraction of sp³-hybridized carbons (Fsp3) is 0.409. The van der Waals surface area contributed by atoms with Crippen molar-refractivity contribution in [3.05, 3.63) is 42.0 Å². The van der Waals surface area contributed by atoms with E-state index >= 15 is 0 Å². The first kappa shape index (κ1) is 19.6. The first-order chi connectivity index (χ1) is 13.1. The molecule has 5 heteroatoms. The van der Waals surface area contributed by atoms with Crippen LogP contribution in [0.1, 0.15) is 32.3 Å². The fourth-order valence-electron chi connectivity index (χ4n) is 3.56. The third-order valence-corrected chi connectivity index (χ3v) is 5.39. The van der Waals surface area contributed by atoms with E-state index in [1.54, 1.807) is 18.9 Å². The molecule has 0 radical (unpaired) electrons. The van der Waals surface area contributed by atoms with Crippen LogP contribution in [0.15, 0.2) is 41.4 Å². The monoisotopic (exact) mass is 383 g/mol. The Morgan fingerprint density at radius 1 is 1.11 bits per heavy atom. The van der Waals surface area contributed by atoms with Crippen LogP contribution in [0.5, 0.6) is 5.75 Å². The minimum Gasteiger partial charge on any atom is -0.496 e. The Balaban J connectivity index is 2.24. The van der Waals surface area contributed by atoms with Gasteiger partial charge in [0.1, 0.15) is 10.8 Å². The summed E-state index contributed by atoms with van der Waals surface area (Å²) in [6.45, 7) is 8.63. The number of aromatic nitrogens is 2. The maximum atomic E-state index is 5.66. The summed E-state index contributed by atoms with van der Waals surface area (Å²) in [7, 11) is 1.73. The molecule has 0 N–H and O–H groups in total.